The molecular weight excluding hydrogens is 273 g/mol. The quantitative estimate of drug-likeness (QED) is 0.840. The number of halogens is 3. The molecule has 106 valence electrons. The van der Waals surface area contributed by atoms with Crippen LogP contribution >= 0.6 is 0 Å². The van der Waals surface area contributed by atoms with Crippen LogP contribution in [0.3, 0.4) is 0 Å². The molecule has 1 amide bonds. The van der Waals surface area contributed by atoms with Crippen molar-refractivity contribution in [3.05, 3.63) is 46.9 Å². The zero-order valence-corrected chi connectivity index (χ0v) is 10.5. The summed E-state index contributed by atoms with van der Waals surface area (Å²) in [5, 5.41) is 6.32. The second-order valence-electron chi connectivity index (χ2n) is 4.09. The SMILES string of the molecule is Cn1cc(CN)c(NC(=O)c2cc(F)c(F)c(F)c2)n1. The molecule has 20 heavy (non-hydrogen) atoms. The number of amides is 1. The van der Waals surface area contributed by atoms with Crippen LogP contribution in [0, 0.1) is 17.5 Å². The van der Waals surface area contributed by atoms with Crippen molar-refractivity contribution in [2.24, 2.45) is 12.8 Å². The van der Waals surface area contributed by atoms with Gasteiger partial charge in [0.25, 0.3) is 5.91 Å². The Kier molecular flexibility index (Phi) is 3.75. The van der Waals surface area contributed by atoms with Crippen LogP contribution in [0.2, 0.25) is 0 Å². The van der Waals surface area contributed by atoms with E-state index in [4.69, 9.17) is 5.73 Å². The van der Waals surface area contributed by atoms with Crippen LogP contribution in [-0.2, 0) is 13.6 Å². The molecule has 0 bridgehead atoms. The lowest BCUT2D eigenvalue weighted by Gasteiger charge is -2.05. The van der Waals surface area contributed by atoms with Crippen LogP contribution in [0.1, 0.15) is 15.9 Å². The molecule has 5 nitrogen and oxygen atoms in total. The Morgan fingerprint density at radius 3 is 2.50 bits per heavy atom. The Bertz CT molecular complexity index is 646. The Hall–Kier alpha value is -2.35. The average Bonchev–Trinajstić information content (AvgIpc) is 2.75. The number of nitrogens with two attached hydrogens (primary N) is 1. The van der Waals surface area contributed by atoms with E-state index in [2.05, 4.69) is 10.4 Å². The van der Waals surface area contributed by atoms with Gasteiger partial charge in [-0.2, -0.15) is 5.10 Å². The van der Waals surface area contributed by atoms with Crippen molar-refractivity contribution in [2.75, 3.05) is 5.32 Å². The van der Waals surface area contributed by atoms with Crippen molar-refractivity contribution in [1.29, 1.82) is 0 Å². The van der Waals surface area contributed by atoms with Gasteiger partial charge in [0, 0.05) is 30.9 Å². The van der Waals surface area contributed by atoms with Gasteiger partial charge in [0.05, 0.1) is 0 Å². The van der Waals surface area contributed by atoms with Gasteiger partial charge in [-0.25, -0.2) is 13.2 Å². The molecule has 2 aromatic rings. The molecule has 0 aliphatic rings. The predicted octanol–water partition coefficient (Wildman–Crippen LogP) is 1.55. The van der Waals surface area contributed by atoms with E-state index in [1.165, 1.54) is 4.68 Å². The Labute approximate surface area is 112 Å². The zero-order chi connectivity index (χ0) is 14.9. The standard InChI is InChI=1S/C12H11F3N4O/c1-19-5-7(4-16)11(18-19)17-12(20)6-2-8(13)10(15)9(14)3-6/h2-3,5H,4,16H2,1H3,(H,17,18,20). The van der Waals surface area contributed by atoms with Crippen LogP contribution in [0.5, 0.6) is 0 Å². The fraction of sp³-hybridized carbons (Fsp3) is 0.167. The molecule has 0 atom stereocenters. The highest BCUT2D eigenvalue weighted by molar-refractivity contribution is 6.04. The van der Waals surface area contributed by atoms with Crippen LogP contribution in [0.4, 0.5) is 19.0 Å². The number of hydrogen-bond donors (Lipinski definition) is 2. The first-order valence-corrected chi connectivity index (χ1v) is 5.61. The third-order valence-corrected chi connectivity index (χ3v) is 2.60. The lowest BCUT2D eigenvalue weighted by atomic mass is 10.2. The number of anilines is 1. The maximum absolute atomic E-state index is 13.1. The zero-order valence-electron chi connectivity index (χ0n) is 10.5. The number of nitrogens with one attached hydrogen (secondary N) is 1. The number of hydrogen-bond acceptors (Lipinski definition) is 3. The highest BCUT2D eigenvalue weighted by atomic mass is 19.2. The Balaban J connectivity index is 2.28. The fourth-order valence-corrected chi connectivity index (χ4v) is 1.66. The molecule has 0 aliphatic carbocycles. The lowest BCUT2D eigenvalue weighted by Crippen LogP contribution is -2.15. The van der Waals surface area contributed by atoms with Crippen LogP contribution in [-0.4, -0.2) is 15.7 Å². The van der Waals surface area contributed by atoms with Crippen molar-refractivity contribution < 1.29 is 18.0 Å². The summed E-state index contributed by atoms with van der Waals surface area (Å²) in [6.07, 6.45) is 1.60. The van der Waals surface area contributed by atoms with E-state index in [-0.39, 0.29) is 17.9 Å². The van der Waals surface area contributed by atoms with Crippen molar-refractivity contribution >= 4 is 11.7 Å². The van der Waals surface area contributed by atoms with E-state index in [0.29, 0.717) is 17.7 Å². The third kappa shape index (κ3) is 2.64. The van der Waals surface area contributed by atoms with Crippen molar-refractivity contribution in [1.82, 2.24) is 9.78 Å². The molecule has 0 unspecified atom stereocenters. The normalized spacial score (nSPS) is 10.7. The monoisotopic (exact) mass is 284 g/mol. The van der Waals surface area contributed by atoms with Crippen LogP contribution < -0.4 is 11.1 Å². The molecule has 3 N–H and O–H groups in total. The lowest BCUT2D eigenvalue weighted by molar-refractivity contribution is 0.102. The highest BCUT2D eigenvalue weighted by Crippen LogP contribution is 2.16. The minimum atomic E-state index is -1.62. The summed E-state index contributed by atoms with van der Waals surface area (Å²) >= 11 is 0. The topological polar surface area (TPSA) is 72.9 Å². The van der Waals surface area contributed by atoms with Crippen molar-refractivity contribution in [3.8, 4) is 0 Å². The number of aryl methyl sites for hydroxylation is 1. The van der Waals surface area contributed by atoms with E-state index >= 15 is 0 Å². The van der Waals surface area contributed by atoms with Gasteiger partial charge in [0.15, 0.2) is 23.3 Å². The minimum Gasteiger partial charge on any atom is -0.326 e. The first-order valence-electron chi connectivity index (χ1n) is 5.61. The Morgan fingerprint density at radius 1 is 1.35 bits per heavy atom. The maximum atomic E-state index is 13.1. The maximum Gasteiger partial charge on any atom is 0.257 e. The number of rotatable bonds is 3. The Morgan fingerprint density at radius 2 is 1.95 bits per heavy atom. The van der Waals surface area contributed by atoms with Gasteiger partial charge in [-0.05, 0) is 12.1 Å². The summed E-state index contributed by atoms with van der Waals surface area (Å²) in [4.78, 5) is 11.9. The molecule has 0 saturated heterocycles. The summed E-state index contributed by atoms with van der Waals surface area (Å²) in [6, 6.07) is 1.22. The van der Waals surface area contributed by atoms with Gasteiger partial charge in [-0.3, -0.25) is 9.48 Å². The number of nitrogens with zero attached hydrogens (tertiary/aromatic N) is 2. The smallest absolute Gasteiger partial charge is 0.257 e. The minimum absolute atomic E-state index is 0.135. The molecule has 0 saturated carbocycles. The van der Waals surface area contributed by atoms with E-state index < -0.39 is 23.4 Å². The van der Waals surface area contributed by atoms with Gasteiger partial charge in [-0.15, -0.1) is 0 Å². The molecule has 0 radical (unpaired) electrons. The first kappa shape index (κ1) is 14.1. The van der Waals surface area contributed by atoms with Gasteiger partial charge in [-0.1, -0.05) is 0 Å². The summed E-state index contributed by atoms with van der Waals surface area (Å²) in [7, 11) is 1.63. The number of aromatic nitrogens is 2. The van der Waals surface area contributed by atoms with Gasteiger partial charge >= 0.3 is 0 Å². The van der Waals surface area contributed by atoms with E-state index in [1.807, 2.05) is 0 Å². The third-order valence-electron chi connectivity index (χ3n) is 2.60. The first-order chi connectivity index (χ1) is 9.42. The molecule has 2 rings (SSSR count). The molecule has 0 aliphatic heterocycles. The summed E-state index contributed by atoms with van der Waals surface area (Å²) in [5.41, 5.74) is 5.68. The second-order valence-corrected chi connectivity index (χ2v) is 4.09. The second kappa shape index (κ2) is 5.33. The number of benzene rings is 1. The molecule has 0 fully saturated rings. The van der Waals surface area contributed by atoms with Crippen LogP contribution in [0.15, 0.2) is 18.3 Å². The molecule has 0 spiro atoms. The van der Waals surface area contributed by atoms with Crippen molar-refractivity contribution in [3.63, 3.8) is 0 Å². The molecule has 1 aromatic heterocycles. The van der Waals surface area contributed by atoms with E-state index in [0.717, 1.165) is 0 Å². The van der Waals surface area contributed by atoms with Gasteiger partial charge < -0.3 is 11.1 Å². The highest BCUT2D eigenvalue weighted by Gasteiger charge is 2.17. The van der Waals surface area contributed by atoms with Gasteiger partial charge in [0.1, 0.15) is 0 Å². The average molecular weight is 284 g/mol. The van der Waals surface area contributed by atoms with Crippen molar-refractivity contribution in [2.45, 2.75) is 6.54 Å². The fourth-order valence-electron chi connectivity index (χ4n) is 1.66. The molecule has 1 heterocycles. The van der Waals surface area contributed by atoms with Crippen LogP contribution in [0.25, 0.3) is 0 Å². The predicted molar refractivity (Wildman–Crippen MR) is 65.4 cm³/mol. The summed E-state index contributed by atoms with van der Waals surface area (Å²) in [5.74, 6) is -5.12. The molecule has 1 aromatic carbocycles. The van der Waals surface area contributed by atoms with Gasteiger partial charge in [0.2, 0.25) is 0 Å². The van der Waals surface area contributed by atoms with E-state index in [1.54, 1.807) is 13.2 Å². The molecule has 8 heteroatoms. The largest absolute Gasteiger partial charge is 0.326 e. The summed E-state index contributed by atoms with van der Waals surface area (Å²) < 4.78 is 40.4. The number of carbonyl (C=O) groups is 1. The summed E-state index contributed by atoms with van der Waals surface area (Å²) in [6.45, 7) is 0.135. The number of carbonyl (C=O) groups excluding carboxylic acids is 1. The van der Waals surface area contributed by atoms with E-state index in [9.17, 15) is 18.0 Å². The molecular formula is C12H11F3N4O.